The van der Waals surface area contributed by atoms with Crippen LogP contribution in [0.25, 0.3) is 0 Å². The van der Waals surface area contributed by atoms with E-state index in [4.69, 9.17) is 0 Å². The zero-order valence-corrected chi connectivity index (χ0v) is 13.5. The Kier molecular flexibility index (Phi) is 5.32. The zero-order chi connectivity index (χ0) is 14.5. The van der Waals surface area contributed by atoms with Gasteiger partial charge in [-0.15, -0.1) is 0 Å². The van der Waals surface area contributed by atoms with E-state index < -0.39 is 0 Å². The van der Waals surface area contributed by atoms with Crippen molar-refractivity contribution in [2.45, 2.75) is 64.0 Å². The molecule has 21 heavy (non-hydrogen) atoms. The number of hydrogen-bond donors (Lipinski definition) is 1. The second kappa shape index (κ2) is 7.42. The molecule has 0 spiro atoms. The molecule has 0 bridgehead atoms. The minimum Gasteiger partial charge on any atom is -0.311 e. The Morgan fingerprint density at radius 2 is 1.90 bits per heavy atom. The maximum Gasteiger partial charge on any atom is 0.0113 e. The molecule has 0 aromatic heterocycles. The molecule has 1 aromatic rings. The van der Waals surface area contributed by atoms with Crippen molar-refractivity contribution in [1.82, 2.24) is 10.2 Å². The van der Waals surface area contributed by atoms with Gasteiger partial charge < -0.3 is 10.2 Å². The van der Waals surface area contributed by atoms with E-state index in [0.29, 0.717) is 6.04 Å². The average molecular weight is 286 g/mol. The molecule has 1 aromatic carbocycles. The molecule has 1 aliphatic heterocycles. The zero-order valence-electron chi connectivity index (χ0n) is 13.5. The molecular weight excluding hydrogens is 256 g/mol. The van der Waals surface area contributed by atoms with Crippen LogP contribution >= 0.6 is 0 Å². The summed E-state index contributed by atoms with van der Waals surface area (Å²) < 4.78 is 0. The van der Waals surface area contributed by atoms with Gasteiger partial charge in [0.15, 0.2) is 0 Å². The van der Waals surface area contributed by atoms with Crippen LogP contribution in [-0.4, -0.2) is 36.6 Å². The summed E-state index contributed by atoms with van der Waals surface area (Å²) in [5.41, 5.74) is 3.15. The largest absolute Gasteiger partial charge is 0.311 e. The summed E-state index contributed by atoms with van der Waals surface area (Å²) in [6.45, 7) is 6.16. The third-order valence-electron chi connectivity index (χ3n) is 5.18. The first kappa shape index (κ1) is 15.1. The molecule has 1 heterocycles. The lowest BCUT2D eigenvalue weighted by molar-refractivity contribution is 0.280. The molecule has 2 unspecified atom stereocenters. The Hall–Kier alpha value is -0.860. The van der Waals surface area contributed by atoms with Gasteiger partial charge in [0, 0.05) is 12.1 Å². The summed E-state index contributed by atoms with van der Waals surface area (Å²) in [6.07, 6.45) is 9.13. The molecule has 1 saturated heterocycles. The Morgan fingerprint density at radius 3 is 2.76 bits per heavy atom. The number of nitrogens with one attached hydrogen (secondary N) is 1. The molecule has 0 amide bonds. The van der Waals surface area contributed by atoms with Gasteiger partial charge >= 0.3 is 0 Å². The van der Waals surface area contributed by atoms with E-state index in [-0.39, 0.29) is 0 Å². The van der Waals surface area contributed by atoms with Gasteiger partial charge in [-0.05, 0) is 75.7 Å². The number of hydrogen-bond acceptors (Lipinski definition) is 2. The Bertz CT molecular complexity index is 443. The molecule has 2 atom stereocenters. The lowest BCUT2D eigenvalue weighted by Crippen LogP contribution is -2.42. The lowest BCUT2D eigenvalue weighted by atomic mass is 9.87. The van der Waals surface area contributed by atoms with Crippen molar-refractivity contribution >= 4 is 0 Å². The SMILES string of the molecule is CCCN1CCCC(NC2CCc3ccccc3C2)CC1. The molecule has 1 aliphatic carbocycles. The Balaban J connectivity index is 1.51. The summed E-state index contributed by atoms with van der Waals surface area (Å²) in [6, 6.07) is 10.4. The Labute approximate surface area is 129 Å². The van der Waals surface area contributed by atoms with Crippen molar-refractivity contribution < 1.29 is 0 Å². The van der Waals surface area contributed by atoms with E-state index >= 15 is 0 Å². The maximum atomic E-state index is 3.97. The van der Waals surface area contributed by atoms with Crippen molar-refractivity contribution in [3.63, 3.8) is 0 Å². The van der Waals surface area contributed by atoms with E-state index in [1.54, 1.807) is 11.1 Å². The minimum absolute atomic E-state index is 0.697. The second-order valence-corrected chi connectivity index (χ2v) is 6.84. The molecule has 1 fully saturated rings. The minimum atomic E-state index is 0.697. The summed E-state index contributed by atoms with van der Waals surface area (Å²) in [5.74, 6) is 0. The van der Waals surface area contributed by atoms with Crippen molar-refractivity contribution in [3.05, 3.63) is 35.4 Å². The number of rotatable bonds is 4. The second-order valence-electron chi connectivity index (χ2n) is 6.84. The number of nitrogens with zero attached hydrogens (tertiary/aromatic N) is 1. The van der Waals surface area contributed by atoms with Crippen LogP contribution in [0.4, 0.5) is 0 Å². The topological polar surface area (TPSA) is 15.3 Å². The highest BCUT2D eigenvalue weighted by Crippen LogP contribution is 2.22. The number of fused-ring (bicyclic) bond motifs is 1. The van der Waals surface area contributed by atoms with Crippen LogP contribution < -0.4 is 5.32 Å². The smallest absolute Gasteiger partial charge is 0.0113 e. The standard InChI is InChI=1S/C19H30N2/c1-2-12-21-13-5-8-18(11-14-21)20-19-10-9-16-6-3-4-7-17(16)15-19/h3-4,6-7,18-20H,2,5,8-15H2,1H3. The monoisotopic (exact) mass is 286 g/mol. The maximum absolute atomic E-state index is 3.97. The van der Waals surface area contributed by atoms with Crippen molar-refractivity contribution in [3.8, 4) is 0 Å². The average Bonchev–Trinajstić information content (AvgIpc) is 2.73. The number of benzene rings is 1. The van der Waals surface area contributed by atoms with E-state index in [0.717, 1.165) is 6.04 Å². The summed E-state index contributed by atoms with van der Waals surface area (Å²) in [7, 11) is 0. The first-order valence-electron chi connectivity index (χ1n) is 8.90. The lowest BCUT2D eigenvalue weighted by Gasteiger charge is -2.29. The Morgan fingerprint density at radius 1 is 1.05 bits per heavy atom. The van der Waals surface area contributed by atoms with Crippen LogP contribution in [0.5, 0.6) is 0 Å². The summed E-state index contributed by atoms with van der Waals surface area (Å²) in [4.78, 5) is 2.65. The normalized spacial score (nSPS) is 27.1. The van der Waals surface area contributed by atoms with Gasteiger partial charge in [-0.3, -0.25) is 0 Å². The van der Waals surface area contributed by atoms with Crippen molar-refractivity contribution in [2.24, 2.45) is 0 Å². The van der Waals surface area contributed by atoms with Crippen molar-refractivity contribution in [1.29, 1.82) is 0 Å². The molecular formula is C19H30N2. The van der Waals surface area contributed by atoms with Gasteiger partial charge in [-0.2, -0.15) is 0 Å². The quantitative estimate of drug-likeness (QED) is 0.912. The molecule has 0 saturated carbocycles. The number of likely N-dealkylation sites (tertiary alicyclic amines) is 1. The third-order valence-corrected chi connectivity index (χ3v) is 5.18. The fourth-order valence-corrected chi connectivity index (χ4v) is 4.04. The highest BCUT2D eigenvalue weighted by atomic mass is 15.1. The van der Waals surface area contributed by atoms with Gasteiger partial charge in [-0.25, -0.2) is 0 Å². The molecule has 2 nitrogen and oxygen atoms in total. The molecule has 2 aliphatic rings. The van der Waals surface area contributed by atoms with Crippen LogP contribution in [0.15, 0.2) is 24.3 Å². The van der Waals surface area contributed by atoms with E-state index in [1.807, 2.05) is 0 Å². The van der Waals surface area contributed by atoms with Gasteiger partial charge in [-0.1, -0.05) is 31.2 Å². The molecule has 116 valence electrons. The predicted molar refractivity (Wildman–Crippen MR) is 89.8 cm³/mol. The van der Waals surface area contributed by atoms with Crippen molar-refractivity contribution in [2.75, 3.05) is 19.6 Å². The van der Waals surface area contributed by atoms with Gasteiger partial charge in [0.2, 0.25) is 0 Å². The highest BCUT2D eigenvalue weighted by Gasteiger charge is 2.22. The third kappa shape index (κ3) is 4.08. The van der Waals surface area contributed by atoms with Gasteiger partial charge in [0.1, 0.15) is 0 Å². The highest BCUT2D eigenvalue weighted by molar-refractivity contribution is 5.30. The summed E-state index contributed by atoms with van der Waals surface area (Å²) in [5, 5.41) is 3.97. The van der Waals surface area contributed by atoms with Crippen LogP contribution in [0.1, 0.15) is 50.2 Å². The van der Waals surface area contributed by atoms with Gasteiger partial charge in [0.05, 0.1) is 0 Å². The summed E-state index contributed by atoms with van der Waals surface area (Å²) >= 11 is 0. The predicted octanol–water partition coefficient (Wildman–Crippen LogP) is 3.40. The fraction of sp³-hybridized carbons (Fsp3) is 0.684. The fourth-order valence-electron chi connectivity index (χ4n) is 4.04. The molecule has 1 N–H and O–H groups in total. The molecule has 2 heteroatoms. The van der Waals surface area contributed by atoms with Gasteiger partial charge in [0.25, 0.3) is 0 Å². The first-order valence-corrected chi connectivity index (χ1v) is 8.90. The molecule has 3 rings (SSSR count). The first-order chi connectivity index (χ1) is 10.3. The van der Waals surface area contributed by atoms with Crippen LogP contribution in [0.3, 0.4) is 0 Å². The molecule has 0 radical (unpaired) electrons. The van der Waals surface area contributed by atoms with Crippen LogP contribution in [0, 0.1) is 0 Å². The van der Waals surface area contributed by atoms with E-state index in [2.05, 4.69) is 41.4 Å². The van der Waals surface area contributed by atoms with E-state index in [1.165, 1.54) is 64.6 Å². The van der Waals surface area contributed by atoms with Crippen LogP contribution in [-0.2, 0) is 12.8 Å². The number of aryl methyl sites for hydroxylation is 1. The van der Waals surface area contributed by atoms with E-state index in [9.17, 15) is 0 Å². The van der Waals surface area contributed by atoms with Crippen LogP contribution in [0.2, 0.25) is 0 Å².